The molecule has 27 heavy (non-hydrogen) atoms. The Labute approximate surface area is 156 Å². The highest BCUT2D eigenvalue weighted by Crippen LogP contribution is 2.29. The monoisotopic (exact) mass is 361 g/mol. The van der Waals surface area contributed by atoms with Crippen molar-refractivity contribution in [3.63, 3.8) is 0 Å². The van der Waals surface area contributed by atoms with Gasteiger partial charge < -0.3 is 15.3 Å². The van der Waals surface area contributed by atoms with Crippen LogP contribution in [0.4, 0.5) is 11.5 Å². The number of anilines is 2. The molecule has 1 amide bonds. The van der Waals surface area contributed by atoms with Crippen LogP contribution in [0.2, 0.25) is 0 Å². The molecule has 0 spiro atoms. The first-order valence-corrected chi connectivity index (χ1v) is 8.89. The molecule has 1 saturated heterocycles. The molecule has 2 aromatic carbocycles. The molecular formula is C21H19N3O3. The number of pyridine rings is 1. The minimum Gasteiger partial charge on any atom is -0.480 e. The lowest BCUT2D eigenvalue weighted by Gasteiger charge is -2.23. The number of rotatable bonds is 4. The zero-order valence-electron chi connectivity index (χ0n) is 14.6. The predicted octanol–water partition coefficient (Wildman–Crippen LogP) is 3.54. The predicted molar refractivity (Wildman–Crippen MR) is 104 cm³/mol. The summed E-state index contributed by atoms with van der Waals surface area (Å²) in [5.74, 6) is -0.582. The van der Waals surface area contributed by atoms with Crippen LogP contribution in [0.5, 0.6) is 0 Å². The van der Waals surface area contributed by atoms with Gasteiger partial charge in [-0.05, 0) is 37.1 Å². The molecule has 1 aliphatic heterocycles. The first-order chi connectivity index (χ1) is 13.1. The number of hydrogen-bond donors (Lipinski definition) is 2. The largest absolute Gasteiger partial charge is 0.480 e. The number of carbonyl (C=O) groups excluding carboxylic acids is 1. The van der Waals surface area contributed by atoms with Gasteiger partial charge in [0.05, 0.1) is 11.1 Å². The second-order valence-electron chi connectivity index (χ2n) is 6.55. The van der Waals surface area contributed by atoms with Crippen LogP contribution in [-0.2, 0) is 4.79 Å². The van der Waals surface area contributed by atoms with Crippen molar-refractivity contribution in [2.75, 3.05) is 16.8 Å². The molecular weight excluding hydrogens is 342 g/mol. The third-order valence-electron chi connectivity index (χ3n) is 4.81. The summed E-state index contributed by atoms with van der Waals surface area (Å²) in [6.07, 6.45) is 1.37. The fraction of sp³-hybridized carbons (Fsp3) is 0.190. The second-order valence-corrected chi connectivity index (χ2v) is 6.55. The molecule has 0 radical (unpaired) electrons. The normalized spacial score (nSPS) is 16.4. The minimum atomic E-state index is -0.863. The van der Waals surface area contributed by atoms with Gasteiger partial charge in [0, 0.05) is 17.6 Å². The number of hydrogen-bond acceptors (Lipinski definition) is 4. The quantitative estimate of drug-likeness (QED) is 0.743. The van der Waals surface area contributed by atoms with Gasteiger partial charge in [-0.15, -0.1) is 0 Å². The van der Waals surface area contributed by atoms with Crippen LogP contribution in [0.1, 0.15) is 23.2 Å². The van der Waals surface area contributed by atoms with Gasteiger partial charge in [0.2, 0.25) is 0 Å². The van der Waals surface area contributed by atoms with Gasteiger partial charge >= 0.3 is 5.97 Å². The highest BCUT2D eigenvalue weighted by Gasteiger charge is 2.32. The molecule has 4 rings (SSSR count). The van der Waals surface area contributed by atoms with Gasteiger partial charge in [-0.3, -0.25) is 4.79 Å². The van der Waals surface area contributed by atoms with E-state index in [0.29, 0.717) is 35.6 Å². The van der Waals surface area contributed by atoms with Crippen molar-refractivity contribution in [3.8, 4) is 0 Å². The van der Waals surface area contributed by atoms with Crippen molar-refractivity contribution in [1.82, 2.24) is 4.98 Å². The molecule has 2 N–H and O–H groups in total. The number of nitrogens with zero attached hydrogens (tertiary/aromatic N) is 2. The van der Waals surface area contributed by atoms with Gasteiger partial charge in [-0.2, -0.15) is 0 Å². The summed E-state index contributed by atoms with van der Waals surface area (Å²) in [5.41, 5.74) is 1.86. The van der Waals surface area contributed by atoms with Gasteiger partial charge in [-0.25, -0.2) is 9.78 Å². The Hall–Kier alpha value is -3.41. The molecule has 3 aromatic rings. The molecule has 2 heterocycles. The van der Waals surface area contributed by atoms with E-state index >= 15 is 0 Å². The van der Waals surface area contributed by atoms with Crippen LogP contribution in [-0.4, -0.2) is 34.6 Å². The smallest absolute Gasteiger partial charge is 0.326 e. The molecule has 0 aliphatic carbocycles. The summed E-state index contributed by atoms with van der Waals surface area (Å²) in [4.78, 5) is 30.9. The first-order valence-electron chi connectivity index (χ1n) is 8.89. The standard InChI is InChI=1S/C21H19N3O3/c25-20(22-14-7-2-1-3-8-14)16-13-19(23-17-10-5-4-9-15(16)17)24-12-6-11-18(24)21(26)27/h1-5,7-10,13,18H,6,11-12H2,(H,22,25)(H,26,27). The summed E-state index contributed by atoms with van der Waals surface area (Å²) in [7, 11) is 0. The summed E-state index contributed by atoms with van der Waals surface area (Å²) in [6.45, 7) is 0.613. The minimum absolute atomic E-state index is 0.243. The van der Waals surface area contributed by atoms with E-state index in [1.807, 2.05) is 54.6 Å². The van der Waals surface area contributed by atoms with Gasteiger partial charge in [0.25, 0.3) is 5.91 Å². The number of aromatic nitrogens is 1. The summed E-state index contributed by atoms with van der Waals surface area (Å²) in [6, 6.07) is 17.7. The van der Waals surface area contributed by atoms with Crippen molar-refractivity contribution in [1.29, 1.82) is 0 Å². The number of para-hydroxylation sites is 2. The van der Waals surface area contributed by atoms with Crippen LogP contribution in [0.3, 0.4) is 0 Å². The maximum absolute atomic E-state index is 12.9. The fourth-order valence-electron chi connectivity index (χ4n) is 3.51. The zero-order chi connectivity index (χ0) is 18.8. The van der Waals surface area contributed by atoms with E-state index in [1.165, 1.54) is 0 Å². The van der Waals surface area contributed by atoms with E-state index in [2.05, 4.69) is 10.3 Å². The molecule has 6 nitrogen and oxygen atoms in total. The lowest BCUT2D eigenvalue weighted by molar-refractivity contribution is -0.138. The SMILES string of the molecule is O=C(Nc1ccccc1)c1cc(N2CCCC2C(=O)O)nc2ccccc12. The van der Waals surface area contributed by atoms with Crippen LogP contribution < -0.4 is 10.2 Å². The van der Waals surface area contributed by atoms with Gasteiger partial charge in [0.15, 0.2) is 0 Å². The average Bonchev–Trinajstić information content (AvgIpc) is 3.18. The fourth-order valence-corrected chi connectivity index (χ4v) is 3.51. The average molecular weight is 361 g/mol. The molecule has 1 aliphatic rings. The Balaban J connectivity index is 1.77. The van der Waals surface area contributed by atoms with E-state index in [9.17, 15) is 14.7 Å². The van der Waals surface area contributed by atoms with Gasteiger partial charge in [-0.1, -0.05) is 36.4 Å². The molecule has 0 bridgehead atoms. The Bertz CT molecular complexity index is 1000. The zero-order valence-corrected chi connectivity index (χ0v) is 14.6. The number of carboxylic acid groups (broad SMARTS) is 1. The molecule has 1 aromatic heterocycles. The van der Waals surface area contributed by atoms with Crippen molar-refractivity contribution in [3.05, 3.63) is 66.2 Å². The number of carboxylic acids is 1. The topological polar surface area (TPSA) is 82.5 Å². The molecule has 1 fully saturated rings. The van der Waals surface area contributed by atoms with Gasteiger partial charge in [0.1, 0.15) is 11.9 Å². The molecule has 136 valence electrons. The van der Waals surface area contributed by atoms with E-state index in [0.717, 1.165) is 11.8 Å². The second kappa shape index (κ2) is 7.07. The van der Waals surface area contributed by atoms with Crippen molar-refractivity contribution < 1.29 is 14.7 Å². The van der Waals surface area contributed by atoms with Crippen LogP contribution in [0, 0.1) is 0 Å². The number of nitrogens with one attached hydrogen (secondary N) is 1. The van der Waals surface area contributed by atoms with Crippen molar-refractivity contribution in [2.24, 2.45) is 0 Å². The Kier molecular flexibility index (Phi) is 4.46. The van der Waals surface area contributed by atoms with Crippen molar-refractivity contribution >= 4 is 34.3 Å². The Morgan fingerprint density at radius 1 is 1.07 bits per heavy atom. The third kappa shape index (κ3) is 3.33. The molecule has 1 unspecified atom stereocenters. The summed E-state index contributed by atoms with van der Waals surface area (Å²) < 4.78 is 0. The maximum atomic E-state index is 12.9. The summed E-state index contributed by atoms with van der Waals surface area (Å²) in [5, 5.41) is 13.1. The number of fused-ring (bicyclic) bond motifs is 1. The van der Waals surface area contributed by atoms with E-state index < -0.39 is 12.0 Å². The number of carbonyl (C=O) groups is 2. The molecule has 6 heteroatoms. The Morgan fingerprint density at radius 3 is 2.59 bits per heavy atom. The van der Waals surface area contributed by atoms with E-state index in [-0.39, 0.29) is 5.91 Å². The maximum Gasteiger partial charge on any atom is 0.326 e. The molecule has 0 saturated carbocycles. The van der Waals surface area contributed by atoms with Crippen LogP contribution in [0.25, 0.3) is 10.9 Å². The number of benzene rings is 2. The van der Waals surface area contributed by atoms with E-state index in [1.54, 1.807) is 11.0 Å². The highest BCUT2D eigenvalue weighted by molar-refractivity contribution is 6.13. The Morgan fingerprint density at radius 2 is 1.81 bits per heavy atom. The first kappa shape index (κ1) is 17.0. The number of aliphatic carboxylic acids is 1. The third-order valence-corrected chi connectivity index (χ3v) is 4.81. The lowest BCUT2D eigenvalue weighted by Crippen LogP contribution is -2.36. The van der Waals surface area contributed by atoms with Crippen LogP contribution >= 0.6 is 0 Å². The van der Waals surface area contributed by atoms with Crippen molar-refractivity contribution in [2.45, 2.75) is 18.9 Å². The van der Waals surface area contributed by atoms with Crippen LogP contribution in [0.15, 0.2) is 60.7 Å². The highest BCUT2D eigenvalue weighted by atomic mass is 16.4. The lowest BCUT2D eigenvalue weighted by atomic mass is 10.1. The summed E-state index contributed by atoms with van der Waals surface area (Å²) >= 11 is 0. The molecule has 1 atom stereocenters. The van der Waals surface area contributed by atoms with E-state index in [4.69, 9.17) is 0 Å². The number of amides is 1.